The second-order valence-electron chi connectivity index (χ2n) is 7.92. The van der Waals surface area contributed by atoms with Crippen LogP contribution in [0.4, 0.5) is 5.13 Å². The first-order valence-electron chi connectivity index (χ1n) is 11.1. The molecule has 0 spiro atoms. The number of thiazole rings is 1. The summed E-state index contributed by atoms with van der Waals surface area (Å²) < 4.78 is 6.95. The molecule has 0 atom stereocenters. The number of para-hydroxylation sites is 2. The summed E-state index contributed by atoms with van der Waals surface area (Å²) >= 11 is 1.32. The standard InChI is InChI=1S/C27H22N4O3S/c1-18-28-22-9-5-6-10-24(22)31(18)15-26(33)34-16-25(32)30-27-29-23(17-35-27)21-13-11-20(12-14-21)19-7-3-2-4-8-19/h2-14,17H,15-16H2,1H3,(H,29,30,32). The van der Waals surface area contributed by atoms with Gasteiger partial charge in [-0.1, -0.05) is 66.7 Å². The fourth-order valence-corrected chi connectivity index (χ4v) is 4.54. The summed E-state index contributed by atoms with van der Waals surface area (Å²) in [7, 11) is 0. The minimum absolute atomic E-state index is 0.0139. The smallest absolute Gasteiger partial charge is 0.326 e. The molecule has 1 amide bonds. The number of benzene rings is 3. The Morgan fingerprint density at radius 2 is 1.57 bits per heavy atom. The Bertz CT molecular complexity index is 1490. The Morgan fingerprint density at radius 1 is 0.886 bits per heavy atom. The van der Waals surface area contributed by atoms with Gasteiger partial charge in [-0.25, -0.2) is 9.97 Å². The van der Waals surface area contributed by atoms with Crippen LogP contribution in [-0.4, -0.2) is 33.0 Å². The van der Waals surface area contributed by atoms with Crippen LogP contribution in [0.15, 0.2) is 84.2 Å². The molecule has 0 aliphatic heterocycles. The molecule has 0 radical (unpaired) electrons. The van der Waals surface area contributed by atoms with Crippen molar-refractivity contribution >= 4 is 39.4 Å². The Morgan fingerprint density at radius 3 is 2.37 bits per heavy atom. The molecule has 35 heavy (non-hydrogen) atoms. The average Bonchev–Trinajstić information content (AvgIpc) is 3.47. The summed E-state index contributed by atoms with van der Waals surface area (Å²) in [5, 5.41) is 5.03. The summed E-state index contributed by atoms with van der Waals surface area (Å²) in [6, 6.07) is 25.8. The van der Waals surface area contributed by atoms with Crippen LogP contribution in [0.2, 0.25) is 0 Å². The van der Waals surface area contributed by atoms with Crippen molar-refractivity contribution < 1.29 is 14.3 Å². The summed E-state index contributed by atoms with van der Waals surface area (Å²) in [5.74, 6) is -0.240. The van der Waals surface area contributed by atoms with Crippen LogP contribution in [0.1, 0.15) is 5.82 Å². The van der Waals surface area contributed by atoms with E-state index in [0.29, 0.717) is 11.0 Å². The third-order valence-electron chi connectivity index (χ3n) is 5.54. The maximum Gasteiger partial charge on any atom is 0.326 e. The fraction of sp³-hybridized carbons (Fsp3) is 0.111. The molecule has 2 heterocycles. The number of hydrogen-bond acceptors (Lipinski definition) is 6. The van der Waals surface area contributed by atoms with Crippen molar-refractivity contribution in [3.63, 3.8) is 0 Å². The van der Waals surface area contributed by atoms with Gasteiger partial charge >= 0.3 is 5.97 Å². The topological polar surface area (TPSA) is 86.1 Å². The Kier molecular flexibility index (Phi) is 6.36. The lowest BCUT2D eigenvalue weighted by Crippen LogP contribution is -2.23. The first kappa shape index (κ1) is 22.5. The molecule has 7 nitrogen and oxygen atoms in total. The number of ether oxygens (including phenoxy) is 1. The number of carbonyl (C=O) groups is 2. The molecule has 0 unspecified atom stereocenters. The molecule has 0 saturated carbocycles. The molecular formula is C27H22N4O3S. The number of rotatable bonds is 7. The van der Waals surface area contributed by atoms with E-state index in [1.165, 1.54) is 11.3 Å². The summed E-state index contributed by atoms with van der Waals surface area (Å²) in [4.78, 5) is 33.5. The van der Waals surface area contributed by atoms with E-state index in [4.69, 9.17) is 4.74 Å². The van der Waals surface area contributed by atoms with Gasteiger partial charge in [-0.3, -0.25) is 14.9 Å². The van der Waals surface area contributed by atoms with Crippen molar-refractivity contribution in [3.8, 4) is 22.4 Å². The highest BCUT2D eigenvalue weighted by atomic mass is 32.1. The molecule has 1 N–H and O–H groups in total. The Labute approximate surface area is 206 Å². The predicted molar refractivity (Wildman–Crippen MR) is 137 cm³/mol. The summed E-state index contributed by atoms with van der Waals surface area (Å²) in [6.07, 6.45) is 0. The van der Waals surface area contributed by atoms with E-state index in [1.807, 2.05) is 79.0 Å². The zero-order valence-corrected chi connectivity index (χ0v) is 19.8. The van der Waals surface area contributed by atoms with E-state index in [-0.39, 0.29) is 13.2 Å². The number of aromatic nitrogens is 3. The molecular weight excluding hydrogens is 460 g/mol. The van der Waals surface area contributed by atoms with E-state index in [0.717, 1.165) is 33.4 Å². The molecule has 5 rings (SSSR count). The lowest BCUT2D eigenvalue weighted by atomic mass is 10.0. The lowest BCUT2D eigenvalue weighted by molar-refractivity contribution is -0.147. The molecule has 3 aromatic carbocycles. The van der Waals surface area contributed by atoms with Crippen LogP contribution in [0.5, 0.6) is 0 Å². The predicted octanol–water partition coefficient (Wildman–Crippen LogP) is 5.32. The summed E-state index contributed by atoms with van der Waals surface area (Å²) in [5.41, 5.74) is 5.65. The molecule has 5 aromatic rings. The van der Waals surface area contributed by atoms with Gasteiger partial charge in [0.2, 0.25) is 0 Å². The molecule has 0 bridgehead atoms. The van der Waals surface area contributed by atoms with Gasteiger partial charge in [0.1, 0.15) is 12.4 Å². The maximum absolute atomic E-state index is 12.3. The van der Waals surface area contributed by atoms with E-state index in [1.54, 1.807) is 4.57 Å². The highest BCUT2D eigenvalue weighted by Gasteiger charge is 2.14. The number of hydrogen-bond donors (Lipinski definition) is 1. The lowest BCUT2D eigenvalue weighted by Gasteiger charge is -2.07. The van der Waals surface area contributed by atoms with Gasteiger partial charge in [-0.05, 0) is 30.2 Å². The van der Waals surface area contributed by atoms with Crippen molar-refractivity contribution in [2.45, 2.75) is 13.5 Å². The maximum atomic E-state index is 12.3. The number of fused-ring (bicyclic) bond motifs is 1. The zero-order chi connectivity index (χ0) is 24.2. The number of aryl methyl sites for hydroxylation is 1. The minimum Gasteiger partial charge on any atom is -0.454 e. The largest absolute Gasteiger partial charge is 0.454 e. The molecule has 174 valence electrons. The monoisotopic (exact) mass is 482 g/mol. The van der Waals surface area contributed by atoms with E-state index in [9.17, 15) is 9.59 Å². The van der Waals surface area contributed by atoms with Crippen molar-refractivity contribution in [2.75, 3.05) is 11.9 Å². The third-order valence-corrected chi connectivity index (χ3v) is 6.29. The molecule has 0 fully saturated rings. The quantitative estimate of drug-likeness (QED) is 0.318. The van der Waals surface area contributed by atoms with Crippen molar-refractivity contribution in [3.05, 3.63) is 90.1 Å². The third kappa shape index (κ3) is 5.12. The van der Waals surface area contributed by atoms with Crippen LogP contribution < -0.4 is 5.32 Å². The van der Waals surface area contributed by atoms with Gasteiger partial charge in [0.05, 0.1) is 16.7 Å². The molecule has 0 aliphatic rings. The van der Waals surface area contributed by atoms with Gasteiger partial charge in [0.25, 0.3) is 5.91 Å². The van der Waals surface area contributed by atoms with Crippen LogP contribution in [-0.2, 0) is 20.9 Å². The number of carbonyl (C=O) groups excluding carboxylic acids is 2. The van der Waals surface area contributed by atoms with Gasteiger partial charge in [-0.15, -0.1) is 11.3 Å². The van der Waals surface area contributed by atoms with Crippen molar-refractivity contribution in [1.29, 1.82) is 0 Å². The van der Waals surface area contributed by atoms with E-state index in [2.05, 4.69) is 27.4 Å². The molecule has 0 aliphatic carbocycles. The average molecular weight is 483 g/mol. The molecule has 2 aromatic heterocycles. The highest BCUT2D eigenvalue weighted by Crippen LogP contribution is 2.27. The second kappa shape index (κ2) is 9.90. The van der Waals surface area contributed by atoms with Crippen LogP contribution >= 0.6 is 11.3 Å². The highest BCUT2D eigenvalue weighted by molar-refractivity contribution is 7.14. The zero-order valence-electron chi connectivity index (χ0n) is 19.0. The molecule has 0 saturated heterocycles. The summed E-state index contributed by atoms with van der Waals surface area (Å²) in [6.45, 7) is 1.43. The van der Waals surface area contributed by atoms with Crippen LogP contribution in [0.3, 0.4) is 0 Å². The van der Waals surface area contributed by atoms with Crippen LogP contribution in [0, 0.1) is 6.92 Å². The number of nitrogens with zero attached hydrogens (tertiary/aromatic N) is 3. The van der Waals surface area contributed by atoms with Gasteiger partial charge in [0.15, 0.2) is 11.7 Å². The minimum atomic E-state index is -0.510. The fourth-order valence-electron chi connectivity index (χ4n) is 3.80. The number of nitrogens with one attached hydrogen (secondary N) is 1. The SMILES string of the molecule is Cc1nc2ccccc2n1CC(=O)OCC(=O)Nc1nc(-c2ccc(-c3ccccc3)cc2)cs1. The first-order chi connectivity index (χ1) is 17.1. The Balaban J connectivity index is 1.16. The normalized spacial score (nSPS) is 10.9. The number of imidazole rings is 1. The number of anilines is 1. The van der Waals surface area contributed by atoms with Crippen LogP contribution in [0.25, 0.3) is 33.4 Å². The van der Waals surface area contributed by atoms with Gasteiger partial charge in [0, 0.05) is 10.9 Å². The van der Waals surface area contributed by atoms with Crippen molar-refractivity contribution in [1.82, 2.24) is 14.5 Å². The van der Waals surface area contributed by atoms with E-state index < -0.39 is 11.9 Å². The molecule has 8 heteroatoms. The van der Waals surface area contributed by atoms with E-state index >= 15 is 0 Å². The number of esters is 1. The first-order valence-corrected chi connectivity index (χ1v) is 11.9. The van der Waals surface area contributed by atoms with Gasteiger partial charge in [-0.2, -0.15) is 0 Å². The van der Waals surface area contributed by atoms with Gasteiger partial charge < -0.3 is 9.30 Å². The second-order valence-corrected chi connectivity index (χ2v) is 8.78. The number of amides is 1. The Hall–Kier alpha value is -4.30. The van der Waals surface area contributed by atoms with Crippen molar-refractivity contribution in [2.24, 2.45) is 0 Å².